The summed E-state index contributed by atoms with van der Waals surface area (Å²) in [5, 5.41) is 3.18. The first kappa shape index (κ1) is 31.0. The van der Waals surface area contributed by atoms with Crippen LogP contribution in [-0.2, 0) is 25.5 Å². The third-order valence-electron chi connectivity index (χ3n) is 10.8. The number of carbonyl (C=O) groups excluding carboxylic acids is 3. The lowest BCUT2D eigenvalue weighted by Gasteiger charge is -2.51. The zero-order valence-electron chi connectivity index (χ0n) is 25.8. The highest BCUT2D eigenvalue weighted by Gasteiger charge is 2.50. The largest absolute Gasteiger partial charge is 0.466 e. The Balaban J connectivity index is 1.32. The van der Waals surface area contributed by atoms with Crippen LogP contribution in [0, 0.1) is 29.0 Å². The molecule has 1 aromatic rings. The van der Waals surface area contributed by atoms with Crippen molar-refractivity contribution in [1.82, 2.24) is 15.1 Å². The van der Waals surface area contributed by atoms with Crippen LogP contribution in [0.15, 0.2) is 24.3 Å². The van der Waals surface area contributed by atoms with Gasteiger partial charge in [-0.2, -0.15) is 0 Å². The lowest BCUT2D eigenvalue weighted by Crippen LogP contribution is -2.61. The van der Waals surface area contributed by atoms with E-state index in [1.807, 2.05) is 11.8 Å². The molecule has 7 nitrogen and oxygen atoms in total. The minimum Gasteiger partial charge on any atom is -0.466 e. The summed E-state index contributed by atoms with van der Waals surface area (Å²) in [5.41, 5.74) is 0.272. The Morgan fingerprint density at radius 1 is 1.02 bits per heavy atom. The Bertz CT molecular complexity index is 1090. The van der Waals surface area contributed by atoms with Gasteiger partial charge in [-0.25, -0.2) is 4.39 Å². The van der Waals surface area contributed by atoms with Gasteiger partial charge in [0.25, 0.3) is 0 Å². The van der Waals surface area contributed by atoms with Crippen molar-refractivity contribution in [2.45, 2.75) is 110 Å². The number of esters is 1. The molecule has 0 radical (unpaired) electrons. The number of amides is 2. The maximum absolute atomic E-state index is 14.1. The first-order valence-electron chi connectivity index (χ1n) is 16.5. The Kier molecular flexibility index (Phi) is 9.91. The monoisotopic (exact) mass is 583 g/mol. The van der Waals surface area contributed by atoms with Crippen LogP contribution in [-0.4, -0.2) is 72.0 Å². The predicted molar refractivity (Wildman–Crippen MR) is 160 cm³/mol. The van der Waals surface area contributed by atoms with Gasteiger partial charge in [-0.1, -0.05) is 31.4 Å². The van der Waals surface area contributed by atoms with Crippen molar-refractivity contribution >= 4 is 17.8 Å². The highest BCUT2D eigenvalue weighted by Crippen LogP contribution is 2.47. The Labute approximate surface area is 250 Å². The van der Waals surface area contributed by atoms with Crippen LogP contribution in [0.3, 0.4) is 0 Å². The predicted octanol–water partition coefficient (Wildman–Crippen LogP) is 5.11. The maximum atomic E-state index is 14.1. The Hall–Kier alpha value is -2.48. The topological polar surface area (TPSA) is 79.0 Å². The molecular weight excluding hydrogens is 533 g/mol. The molecule has 2 aliphatic carbocycles. The van der Waals surface area contributed by atoms with Gasteiger partial charge in [0.15, 0.2) is 0 Å². The summed E-state index contributed by atoms with van der Waals surface area (Å²) >= 11 is 0. The van der Waals surface area contributed by atoms with Gasteiger partial charge in [0.05, 0.1) is 17.9 Å². The maximum Gasteiger partial charge on any atom is 0.312 e. The smallest absolute Gasteiger partial charge is 0.312 e. The second-order valence-corrected chi connectivity index (χ2v) is 13.6. The summed E-state index contributed by atoms with van der Waals surface area (Å²) in [5.74, 6) is 0.0766. The average molecular weight is 584 g/mol. The number of rotatable bonds is 9. The van der Waals surface area contributed by atoms with E-state index in [1.165, 1.54) is 18.6 Å². The van der Waals surface area contributed by atoms with Gasteiger partial charge in [0, 0.05) is 38.1 Å². The molecule has 4 atom stereocenters. The number of nitrogens with zero attached hydrogens (tertiary/aromatic N) is 2. The molecule has 42 heavy (non-hydrogen) atoms. The third kappa shape index (κ3) is 6.53. The number of nitrogens with one attached hydrogen (secondary N) is 1. The fourth-order valence-corrected chi connectivity index (χ4v) is 8.50. The second kappa shape index (κ2) is 13.4. The molecule has 3 heterocycles. The van der Waals surface area contributed by atoms with E-state index >= 15 is 0 Å². The molecule has 0 unspecified atom stereocenters. The van der Waals surface area contributed by atoms with Crippen molar-refractivity contribution in [3.63, 3.8) is 0 Å². The SMILES string of the molecule is CCOC(=O)C1(C2CCCCC2)CCN(C(=O)[C@@H](Cc2ccc(F)cc2)NC(=O)[C@@H]2C[C@H]3CC[C@@H]2N(C(C)C)C3)CC1. The van der Waals surface area contributed by atoms with Crippen molar-refractivity contribution in [2.75, 3.05) is 26.2 Å². The van der Waals surface area contributed by atoms with E-state index in [1.54, 1.807) is 12.1 Å². The highest BCUT2D eigenvalue weighted by molar-refractivity contribution is 5.89. The lowest BCUT2D eigenvalue weighted by molar-refractivity contribution is -0.166. The van der Waals surface area contributed by atoms with Crippen LogP contribution in [0.4, 0.5) is 4.39 Å². The van der Waals surface area contributed by atoms with Gasteiger partial charge >= 0.3 is 5.97 Å². The molecule has 5 aliphatic rings. The molecule has 3 saturated heterocycles. The first-order chi connectivity index (χ1) is 20.2. The summed E-state index contributed by atoms with van der Waals surface area (Å²) < 4.78 is 19.3. The van der Waals surface area contributed by atoms with Gasteiger partial charge in [-0.05, 0) is 95.2 Å². The molecule has 6 rings (SSSR count). The molecular formula is C34H50FN3O4. The Morgan fingerprint density at radius 3 is 2.33 bits per heavy atom. The number of hydrogen-bond donors (Lipinski definition) is 1. The third-order valence-corrected chi connectivity index (χ3v) is 10.8. The first-order valence-corrected chi connectivity index (χ1v) is 16.5. The molecule has 2 amide bonds. The summed E-state index contributed by atoms with van der Waals surface area (Å²) in [7, 11) is 0. The summed E-state index contributed by atoms with van der Waals surface area (Å²) in [4.78, 5) is 45.6. The van der Waals surface area contributed by atoms with Crippen molar-refractivity contribution in [3.05, 3.63) is 35.6 Å². The number of likely N-dealkylation sites (tertiary alicyclic amines) is 1. The van der Waals surface area contributed by atoms with Crippen LogP contribution in [0.2, 0.25) is 0 Å². The van der Waals surface area contributed by atoms with Gasteiger partial charge in [0.1, 0.15) is 11.9 Å². The van der Waals surface area contributed by atoms with Gasteiger partial charge in [-0.15, -0.1) is 0 Å². The van der Waals surface area contributed by atoms with Gasteiger partial charge in [-0.3, -0.25) is 19.3 Å². The van der Waals surface area contributed by atoms with E-state index in [4.69, 9.17) is 4.74 Å². The fourth-order valence-electron chi connectivity index (χ4n) is 8.50. The van der Waals surface area contributed by atoms with Gasteiger partial charge in [0.2, 0.25) is 11.8 Å². The molecule has 232 valence electrons. The van der Waals surface area contributed by atoms with E-state index in [9.17, 15) is 18.8 Å². The normalized spacial score (nSPS) is 27.1. The fraction of sp³-hybridized carbons (Fsp3) is 0.735. The number of carbonyl (C=O) groups is 3. The zero-order chi connectivity index (χ0) is 29.9. The number of halogens is 1. The summed E-state index contributed by atoms with van der Waals surface area (Å²) in [6.07, 6.45) is 10.1. The van der Waals surface area contributed by atoms with Gasteiger partial charge < -0.3 is 15.0 Å². The summed E-state index contributed by atoms with van der Waals surface area (Å²) in [6.45, 7) is 8.58. The van der Waals surface area contributed by atoms with Crippen molar-refractivity contribution < 1.29 is 23.5 Å². The highest BCUT2D eigenvalue weighted by atomic mass is 19.1. The van der Waals surface area contributed by atoms with E-state index in [-0.39, 0.29) is 35.6 Å². The summed E-state index contributed by atoms with van der Waals surface area (Å²) in [6, 6.07) is 6.03. The van der Waals surface area contributed by atoms with Crippen LogP contribution in [0.1, 0.15) is 90.5 Å². The molecule has 0 aromatic heterocycles. The van der Waals surface area contributed by atoms with Crippen LogP contribution in [0.5, 0.6) is 0 Å². The second-order valence-electron chi connectivity index (χ2n) is 13.6. The quantitative estimate of drug-likeness (QED) is 0.409. The van der Waals surface area contributed by atoms with Crippen LogP contribution >= 0.6 is 0 Å². The number of fused-ring (bicyclic) bond motifs is 3. The molecule has 5 fully saturated rings. The van der Waals surface area contributed by atoms with E-state index in [0.29, 0.717) is 56.8 Å². The van der Waals surface area contributed by atoms with E-state index < -0.39 is 11.5 Å². The number of piperidine rings is 3. The van der Waals surface area contributed by atoms with Crippen molar-refractivity contribution in [3.8, 4) is 0 Å². The van der Waals surface area contributed by atoms with Crippen molar-refractivity contribution in [1.29, 1.82) is 0 Å². The minimum atomic E-state index is -0.735. The molecule has 1 N–H and O–H groups in total. The molecule has 8 heteroatoms. The number of benzene rings is 1. The molecule has 0 spiro atoms. The standard InChI is InChI=1S/C34H50FN3O4/c1-4-42-33(41)34(26-8-6-5-7-9-26)16-18-37(19-17-34)32(40)29(21-24-10-13-27(35)14-11-24)36-31(39)28-20-25-12-15-30(28)38(22-25)23(2)3/h10-11,13-14,23,25-26,28-30H,4-9,12,15-22H2,1-3H3,(H,36,39)/t25-,28-,29-,30+/m1/s1. The average Bonchev–Trinajstić information content (AvgIpc) is 3.02. The molecule has 1 aromatic carbocycles. The zero-order valence-corrected chi connectivity index (χ0v) is 25.8. The Morgan fingerprint density at radius 2 is 1.71 bits per heavy atom. The van der Waals surface area contributed by atoms with E-state index in [0.717, 1.165) is 57.1 Å². The molecule has 2 saturated carbocycles. The van der Waals surface area contributed by atoms with E-state index in [2.05, 4.69) is 24.1 Å². The number of hydrogen-bond acceptors (Lipinski definition) is 5. The van der Waals surface area contributed by atoms with Crippen LogP contribution in [0.25, 0.3) is 0 Å². The lowest BCUT2D eigenvalue weighted by atomic mass is 9.63. The van der Waals surface area contributed by atoms with Crippen molar-refractivity contribution in [2.24, 2.45) is 23.2 Å². The number of ether oxygens (including phenoxy) is 1. The minimum absolute atomic E-state index is 0.0457. The molecule has 2 bridgehead atoms. The van der Waals surface area contributed by atoms with Crippen LogP contribution < -0.4 is 5.32 Å². The molecule has 3 aliphatic heterocycles.